The van der Waals surface area contributed by atoms with Crippen molar-refractivity contribution in [2.24, 2.45) is 12.8 Å². The zero-order chi connectivity index (χ0) is 30.3. The van der Waals surface area contributed by atoms with E-state index in [9.17, 15) is 18.4 Å². The lowest BCUT2D eigenvalue weighted by Gasteiger charge is -2.19. The first-order chi connectivity index (χ1) is 19.8. The third kappa shape index (κ3) is 5.62. The van der Waals surface area contributed by atoms with Crippen molar-refractivity contribution in [1.82, 2.24) is 14.8 Å². The maximum Gasteiger partial charge on any atom is 0.291 e. The molecular formula is C30H29F2N5O4S. The number of thiophene rings is 1. The summed E-state index contributed by atoms with van der Waals surface area (Å²) in [6.07, 6.45) is -1.33. The van der Waals surface area contributed by atoms with Crippen LogP contribution in [0.1, 0.15) is 70.1 Å². The van der Waals surface area contributed by atoms with E-state index in [0.717, 1.165) is 11.3 Å². The van der Waals surface area contributed by atoms with Crippen LogP contribution < -0.4 is 15.8 Å². The van der Waals surface area contributed by atoms with Crippen molar-refractivity contribution < 1.29 is 27.5 Å². The van der Waals surface area contributed by atoms with Gasteiger partial charge in [0.1, 0.15) is 33.5 Å². The zero-order valence-electron chi connectivity index (χ0n) is 23.6. The predicted molar refractivity (Wildman–Crippen MR) is 156 cm³/mol. The van der Waals surface area contributed by atoms with Crippen molar-refractivity contribution in [1.29, 1.82) is 0 Å². The Hall–Kier alpha value is -4.58. The van der Waals surface area contributed by atoms with Gasteiger partial charge in [-0.1, -0.05) is 32.9 Å². The molecule has 4 heterocycles. The summed E-state index contributed by atoms with van der Waals surface area (Å²) >= 11 is 0.824. The summed E-state index contributed by atoms with van der Waals surface area (Å²) in [5.41, 5.74) is 7.99. The molecule has 1 aromatic carbocycles. The van der Waals surface area contributed by atoms with Gasteiger partial charge in [-0.15, -0.1) is 11.3 Å². The number of ether oxygens (including phenoxy) is 1. The van der Waals surface area contributed by atoms with Gasteiger partial charge in [-0.2, -0.15) is 5.10 Å². The number of hydrogen-bond acceptors (Lipinski definition) is 7. The Morgan fingerprint density at radius 1 is 1.14 bits per heavy atom. The molecule has 5 rings (SSSR count). The summed E-state index contributed by atoms with van der Waals surface area (Å²) in [6.45, 7) is 8.24. The first-order valence-electron chi connectivity index (χ1n) is 13.0. The van der Waals surface area contributed by atoms with Gasteiger partial charge in [0.2, 0.25) is 0 Å². The van der Waals surface area contributed by atoms with E-state index in [1.165, 1.54) is 23.9 Å². The van der Waals surface area contributed by atoms with Crippen LogP contribution in [0.15, 0.2) is 53.1 Å². The average molecular weight is 594 g/mol. The van der Waals surface area contributed by atoms with Crippen LogP contribution in [0, 0.1) is 6.92 Å². The van der Waals surface area contributed by atoms with Gasteiger partial charge in [0, 0.05) is 23.7 Å². The van der Waals surface area contributed by atoms with Crippen molar-refractivity contribution in [3.05, 3.63) is 82.0 Å². The molecule has 3 N–H and O–H groups in total. The molecule has 0 aliphatic rings. The number of amides is 2. The van der Waals surface area contributed by atoms with E-state index in [2.05, 4.69) is 36.2 Å². The Labute approximate surface area is 244 Å². The van der Waals surface area contributed by atoms with E-state index in [-0.39, 0.29) is 33.2 Å². The van der Waals surface area contributed by atoms with E-state index in [1.54, 1.807) is 24.7 Å². The van der Waals surface area contributed by atoms with Crippen LogP contribution >= 0.6 is 11.3 Å². The summed E-state index contributed by atoms with van der Waals surface area (Å²) < 4.78 is 40.7. The molecule has 4 aromatic heterocycles. The summed E-state index contributed by atoms with van der Waals surface area (Å²) in [4.78, 5) is 29.8. The highest BCUT2D eigenvalue weighted by Crippen LogP contribution is 2.43. The molecule has 0 aliphatic carbocycles. The number of nitrogens with zero attached hydrogens (tertiary/aromatic N) is 3. The van der Waals surface area contributed by atoms with E-state index < -0.39 is 23.9 Å². The van der Waals surface area contributed by atoms with Gasteiger partial charge in [-0.3, -0.25) is 14.3 Å². The monoisotopic (exact) mass is 593 g/mol. The van der Waals surface area contributed by atoms with Gasteiger partial charge in [0.15, 0.2) is 5.76 Å². The molecule has 0 fully saturated rings. The van der Waals surface area contributed by atoms with Crippen molar-refractivity contribution in [2.75, 3.05) is 5.32 Å². The lowest BCUT2D eigenvalue weighted by atomic mass is 9.87. The first kappa shape index (κ1) is 28.9. The molecular weight excluding hydrogens is 564 g/mol. The molecule has 0 radical (unpaired) electrons. The quantitative estimate of drug-likeness (QED) is 0.205. The van der Waals surface area contributed by atoms with E-state index in [0.29, 0.717) is 33.7 Å². The number of nitrogens with two attached hydrogens (primary N) is 1. The molecule has 218 valence electrons. The van der Waals surface area contributed by atoms with Crippen LogP contribution in [0.25, 0.3) is 21.3 Å². The topological polar surface area (TPSA) is 125 Å². The third-order valence-electron chi connectivity index (χ3n) is 6.88. The highest BCUT2D eigenvalue weighted by Gasteiger charge is 2.27. The fraction of sp³-hybridized carbons (Fsp3) is 0.267. The summed E-state index contributed by atoms with van der Waals surface area (Å²) in [7, 11) is 1.72. The maximum atomic E-state index is 13.8. The summed E-state index contributed by atoms with van der Waals surface area (Å²) in [5, 5.41) is 7.22. The second-order valence-electron chi connectivity index (χ2n) is 10.8. The van der Waals surface area contributed by atoms with Gasteiger partial charge >= 0.3 is 0 Å². The molecule has 5 aromatic rings. The molecule has 12 heteroatoms. The Bertz CT molecular complexity index is 1800. The fourth-order valence-corrected chi connectivity index (χ4v) is 5.47. The van der Waals surface area contributed by atoms with Gasteiger partial charge in [-0.05, 0) is 53.8 Å². The number of nitrogens with one attached hydrogen (secondary N) is 1. The molecule has 0 saturated carbocycles. The minimum Gasteiger partial charge on any atom is -0.486 e. The zero-order valence-corrected chi connectivity index (χ0v) is 24.4. The maximum absolute atomic E-state index is 13.8. The largest absolute Gasteiger partial charge is 0.486 e. The van der Waals surface area contributed by atoms with E-state index in [1.807, 2.05) is 24.3 Å². The molecule has 0 atom stereocenters. The Kier molecular flexibility index (Phi) is 7.58. The number of aryl methyl sites for hydroxylation is 1. The first-order valence-corrected chi connectivity index (χ1v) is 13.8. The van der Waals surface area contributed by atoms with E-state index >= 15 is 0 Å². The van der Waals surface area contributed by atoms with Gasteiger partial charge in [0.25, 0.3) is 18.2 Å². The van der Waals surface area contributed by atoms with Gasteiger partial charge < -0.3 is 20.2 Å². The summed E-state index contributed by atoms with van der Waals surface area (Å²) in [5.74, 6) is -0.491. The molecule has 0 spiro atoms. The molecule has 0 bridgehead atoms. The number of carbonyl (C=O) groups excluding carboxylic acids is 2. The van der Waals surface area contributed by atoms with Crippen LogP contribution in [0.3, 0.4) is 0 Å². The van der Waals surface area contributed by atoms with Crippen LogP contribution in [0.4, 0.5) is 14.5 Å². The number of primary amides is 1. The lowest BCUT2D eigenvalue weighted by molar-refractivity contribution is 0.0992. The second kappa shape index (κ2) is 11.0. The lowest BCUT2D eigenvalue weighted by Crippen LogP contribution is -2.16. The van der Waals surface area contributed by atoms with Crippen molar-refractivity contribution in [3.8, 4) is 16.9 Å². The number of aromatic nitrogens is 3. The summed E-state index contributed by atoms with van der Waals surface area (Å²) in [6, 6.07) is 12.1. The third-order valence-corrected chi connectivity index (χ3v) is 7.98. The van der Waals surface area contributed by atoms with E-state index in [4.69, 9.17) is 14.9 Å². The number of rotatable bonds is 8. The van der Waals surface area contributed by atoms with Crippen LogP contribution in [0.2, 0.25) is 0 Å². The number of halogens is 2. The number of pyridine rings is 1. The smallest absolute Gasteiger partial charge is 0.291 e. The Morgan fingerprint density at radius 3 is 2.45 bits per heavy atom. The van der Waals surface area contributed by atoms with Gasteiger partial charge in [0.05, 0.1) is 11.9 Å². The molecule has 2 amide bonds. The number of benzene rings is 1. The highest BCUT2D eigenvalue weighted by molar-refractivity contribution is 7.21. The highest BCUT2D eigenvalue weighted by atomic mass is 32.1. The van der Waals surface area contributed by atoms with Crippen molar-refractivity contribution >= 4 is 39.1 Å². The molecule has 0 aliphatic heterocycles. The van der Waals surface area contributed by atoms with Crippen molar-refractivity contribution in [3.63, 3.8) is 0 Å². The van der Waals surface area contributed by atoms with Crippen LogP contribution in [0.5, 0.6) is 5.75 Å². The van der Waals surface area contributed by atoms with Gasteiger partial charge in [-0.25, -0.2) is 13.8 Å². The second-order valence-corrected chi connectivity index (χ2v) is 11.8. The predicted octanol–water partition coefficient (Wildman–Crippen LogP) is 6.76. The minimum absolute atomic E-state index is 0.0167. The number of fused-ring (bicyclic) bond motifs is 1. The average Bonchev–Trinajstić information content (AvgIpc) is 3.65. The van der Waals surface area contributed by atoms with Crippen LogP contribution in [-0.2, 0) is 19.1 Å². The van der Waals surface area contributed by atoms with Crippen molar-refractivity contribution in [2.45, 2.75) is 46.1 Å². The standard InChI is InChI=1S/C30H29F2N5O4S/c1-15-20(13-34-37(15)5)19-12-21(26(31)32)35-29-23(19)24(25(42-29)27(33)38)36-28(39)22-11-10-18(41-22)14-40-17-8-6-16(7-9-17)30(2,3)4/h6-13,26H,14H2,1-5H3,(H2,33,38)(H,36,39). The molecule has 42 heavy (non-hydrogen) atoms. The molecule has 9 nitrogen and oxygen atoms in total. The van der Waals surface area contributed by atoms with Crippen LogP contribution in [-0.4, -0.2) is 26.6 Å². The SMILES string of the molecule is Cc1c(-c2cc(C(F)F)nc3sc(C(N)=O)c(NC(=O)c4ccc(COc5ccc(C(C)(C)C)cc5)o4)c23)cnn1C. The Morgan fingerprint density at radius 2 is 1.86 bits per heavy atom. The number of hydrogen-bond donors (Lipinski definition) is 2. The number of furan rings is 1. The normalized spacial score (nSPS) is 11.8. The Balaban J connectivity index is 1.45. The number of carbonyl (C=O) groups is 2. The minimum atomic E-state index is -2.86. The fourth-order valence-electron chi connectivity index (χ4n) is 4.46. The number of alkyl halides is 2. The molecule has 0 saturated heterocycles. The number of anilines is 1. The molecule has 0 unspecified atom stereocenters.